The van der Waals surface area contributed by atoms with E-state index < -0.39 is 41.1 Å². The summed E-state index contributed by atoms with van der Waals surface area (Å²) < 4.78 is 5.50. The summed E-state index contributed by atoms with van der Waals surface area (Å²) in [4.78, 5) is 43.4. The van der Waals surface area contributed by atoms with Crippen LogP contribution in [0.2, 0.25) is 5.02 Å². The number of carbonyl (C=O) groups excluding carboxylic acids is 3. The van der Waals surface area contributed by atoms with Crippen molar-refractivity contribution in [3.63, 3.8) is 0 Å². The number of amides is 3. The van der Waals surface area contributed by atoms with Gasteiger partial charge in [-0.1, -0.05) is 75.0 Å². The monoisotopic (exact) mass is 581 g/mol. The molecular formula is C33H44ClN3O4. The zero-order valence-corrected chi connectivity index (χ0v) is 26.5. The molecule has 0 aliphatic heterocycles. The van der Waals surface area contributed by atoms with Crippen LogP contribution in [-0.4, -0.2) is 40.0 Å². The molecule has 0 fully saturated rings. The fourth-order valence-corrected chi connectivity index (χ4v) is 4.73. The van der Waals surface area contributed by atoms with Gasteiger partial charge >= 0.3 is 6.09 Å². The van der Waals surface area contributed by atoms with Crippen LogP contribution >= 0.6 is 11.6 Å². The number of nitrogens with one attached hydrogen (secondary N) is 2. The van der Waals surface area contributed by atoms with E-state index in [0.29, 0.717) is 34.7 Å². The molecule has 2 rings (SSSR count). The summed E-state index contributed by atoms with van der Waals surface area (Å²) in [6, 6.07) is 10.3. The van der Waals surface area contributed by atoms with Crippen molar-refractivity contribution in [2.45, 2.75) is 98.4 Å². The van der Waals surface area contributed by atoms with E-state index in [4.69, 9.17) is 22.8 Å². The number of hydrogen-bond acceptors (Lipinski definition) is 4. The Balaban J connectivity index is 2.77. The number of para-hydroxylation sites is 1. The maximum atomic E-state index is 14.7. The van der Waals surface area contributed by atoms with Crippen molar-refractivity contribution < 1.29 is 19.1 Å². The van der Waals surface area contributed by atoms with E-state index in [1.807, 2.05) is 47.6 Å². The summed E-state index contributed by atoms with van der Waals surface area (Å²) in [6.07, 6.45) is 6.30. The van der Waals surface area contributed by atoms with E-state index in [1.54, 1.807) is 62.1 Å². The lowest BCUT2D eigenvalue weighted by atomic mass is 9.88. The van der Waals surface area contributed by atoms with E-state index in [-0.39, 0.29) is 5.92 Å². The van der Waals surface area contributed by atoms with Crippen molar-refractivity contribution in [3.05, 3.63) is 64.2 Å². The van der Waals surface area contributed by atoms with Crippen molar-refractivity contribution in [3.8, 4) is 12.3 Å². The number of alkyl carbamates (subject to hydrolysis) is 1. The zero-order chi connectivity index (χ0) is 31.1. The summed E-state index contributed by atoms with van der Waals surface area (Å²) in [5, 5.41) is 6.14. The molecule has 3 unspecified atom stereocenters. The first kappa shape index (κ1) is 33.7. The van der Waals surface area contributed by atoms with E-state index in [0.717, 1.165) is 5.56 Å². The van der Waals surface area contributed by atoms with Gasteiger partial charge in [-0.3, -0.25) is 9.59 Å². The van der Waals surface area contributed by atoms with Gasteiger partial charge in [-0.25, -0.2) is 4.79 Å². The minimum Gasteiger partial charge on any atom is -0.444 e. The number of benzene rings is 2. The predicted molar refractivity (Wildman–Crippen MR) is 166 cm³/mol. The zero-order valence-electron chi connectivity index (χ0n) is 25.7. The van der Waals surface area contributed by atoms with Gasteiger partial charge in [0, 0.05) is 11.1 Å². The average molecular weight is 582 g/mol. The molecule has 41 heavy (non-hydrogen) atoms. The van der Waals surface area contributed by atoms with Crippen molar-refractivity contribution in [1.29, 1.82) is 0 Å². The van der Waals surface area contributed by atoms with Crippen LogP contribution in [0.5, 0.6) is 0 Å². The number of halogens is 1. The van der Waals surface area contributed by atoms with Gasteiger partial charge in [-0.2, -0.15) is 0 Å². The molecule has 2 aromatic rings. The molecule has 3 amide bonds. The minimum atomic E-state index is -1.13. The number of nitrogens with zero attached hydrogens (tertiary/aromatic N) is 1. The summed E-state index contributed by atoms with van der Waals surface area (Å²) in [5.74, 6) is 1.52. The molecule has 8 heteroatoms. The molecule has 0 bridgehead atoms. The Morgan fingerprint density at radius 1 is 1.05 bits per heavy atom. The van der Waals surface area contributed by atoms with Gasteiger partial charge < -0.3 is 20.3 Å². The molecule has 7 nitrogen and oxygen atoms in total. The van der Waals surface area contributed by atoms with Gasteiger partial charge in [-0.05, 0) is 77.1 Å². The highest BCUT2D eigenvalue weighted by Gasteiger charge is 2.45. The van der Waals surface area contributed by atoms with Crippen LogP contribution in [0, 0.1) is 25.2 Å². The van der Waals surface area contributed by atoms with Crippen molar-refractivity contribution >= 4 is 35.2 Å². The topological polar surface area (TPSA) is 87.7 Å². The number of terminal acetylenes is 1. The molecule has 222 valence electrons. The van der Waals surface area contributed by atoms with Crippen molar-refractivity contribution in [2.75, 3.05) is 5.32 Å². The largest absolute Gasteiger partial charge is 0.444 e. The Labute approximate surface area is 250 Å². The molecule has 3 atom stereocenters. The Bertz CT molecular complexity index is 1270. The highest BCUT2D eigenvalue weighted by molar-refractivity contribution is 6.34. The Hall–Kier alpha value is -3.50. The quantitative estimate of drug-likeness (QED) is 0.289. The summed E-state index contributed by atoms with van der Waals surface area (Å²) in [5.41, 5.74) is 0.621. The smallest absolute Gasteiger partial charge is 0.408 e. The number of carbonyl (C=O) groups is 3. The number of rotatable bonds is 10. The molecular weight excluding hydrogens is 538 g/mol. The molecule has 0 saturated carbocycles. The molecule has 0 aliphatic carbocycles. The number of ether oxygens (including phenoxy) is 1. The maximum Gasteiger partial charge on any atom is 0.408 e. The molecule has 0 saturated heterocycles. The molecule has 0 spiro atoms. The molecule has 2 N–H and O–H groups in total. The Morgan fingerprint density at radius 2 is 1.68 bits per heavy atom. The van der Waals surface area contributed by atoms with E-state index >= 15 is 0 Å². The second kappa shape index (κ2) is 13.9. The number of aryl methyl sites for hydroxylation is 1. The fourth-order valence-electron chi connectivity index (χ4n) is 4.46. The van der Waals surface area contributed by atoms with Gasteiger partial charge in [-0.15, -0.1) is 6.42 Å². The minimum absolute atomic E-state index is 0.262. The first-order chi connectivity index (χ1) is 19.1. The van der Waals surface area contributed by atoms with Gasteiger partial charge in [0.1, 0.15) is 17.7 Å². The third-order valence-corrected chi connectivity index (χ3v) is 7.61. The number of hydrogen-bond donors (Lipinski definition) is 2. The van der Waals surface area contributed by atoms with Gasteiger partial charge in [0.15, 0.2) is 0 Å². The summed E-state index contributed by atoms with van der Waals surface area (Å²) in [6.45, 7) is 16.7. The van der Waals surface area contributed by atoms with Crippen LogP contribution in [0.3, 0.4) is 0 Å². The van der Waals surface area contributed by atoms with Gasteiger partial charge in [0.05, 0.1) is 10.7 Å². The lowest BCUT2D eigenvalue weighted by Gasteiger charge is -2.45. The molecule has 0 aliphatic rings. The third-order valence-electron chi connectivity index (χ3n) is 7.29. The lowest BCUT2D eigenvalue weighted by molar-refractivity contribution is -0.148. The third kappa shape index (κ3) is 8.50. The van der Waals surface area contributed by atoms with Crippen LogP contribution in [-0.2, 0) is 14.3 Å². The van der Waals surface area contributed by atoms with Crippen LogP contribution in [0.1, 0.15) is 91.0 Å². The van der Waals surface area contributed by atoms with E-state index in [1.165, 1.54) is 0 Å². The second-order valence-corrected chi connectivity index (χ2v) is 12.3. The first-order valence-electron chi connectivity index (χ1n) is 14.0. The molecule has 0 heterocycles. The van der Waals surface area contributed by atoms with Crippen LogP contribution in [0.4, 0.5) is 10.5 Å². The maximum absolute atomic E-state index is 14.7. The molecule has 2 aromatic carbocycles. The Kier molecular flexibility index (Phi) is 11.4. The SMILES string of the molecule is C#Cc1ccccc1C(C(=O)Nc1c(C)cccc1Cl)N(C(=O)C(NC(=O)OC(C)(C)C)C(C)CC)C(C)(C)CC. The predicted octanol–water partition coefficient (Wildman–Crippen LogP) is 7.27. The van der Waals surface area contributed by atoms with Crippen LogP contribution < -0.4 is 10.6 Å². The summed E-state index contributed by atoms with van der Waals surface area (Å²) >= 11 is 6.47. The van der Waals surface area contributed by atoms with E-state index in [2.05, 4.69) is 16.6 Å². The highest BCUT2D eigenvalue weighted by Crippen LogP contribution is 2.36. The number of anilines is 1. The normalized spacial score (nSPS) is 13.8. The lowest BCUT2D eigenvalue weighted by Crippen LogP contribution is -2.60. The van der Waals surface area contributed by atoms with E-state index in [9.17, 15) is 14.4 Å². The first-order valence-corrected chi connectivity index (χ1v) is 14.4. The molecule has 0 aromatic heterocycles. The Morgan fingerprint density at radius 3 is 2.22 bits per heavy atom. The van der Waals surface area contributed by atoms with Crippen LogP contribution in [0.25, 0.3) is 0 Å². The van der Waals surface area contributed by atoms with Crippen molar-refractivity contribution in [1.82, 2.24) is 10.2 Å². The van der Waals surface area contributed by atoms with Crippen molar-refractivity contribution in [2.24, 2.45) is 5.92 Å². The molecule has 0 radical (unpaired) electrons. The standard InChI is InChI=1S/C33H44ClN3O4/c1-11-21(4)27(36-31(40)41-32(6,7)8)30(39)37(33(9,10)13-3)28(24-19-15-14-18-23(24)12-2)29(38)35-26-22(5)17-16-20-25(26)34/h2,14-21,27-28H,11,13H2,1,3-10H3,(H,35,38)(H,36,40). The average Bonchev–Trinajstić information content (AvgIpc) is 2.90. The van der Waals surface area contributed by atoms with Crippen LogP contribution in [0.15, 0.2) is 42.5 Å². The highest BCUT2D eigenvalue weighted by atomic mass is 35.5. The summed E-state index contributed by atoms with van der Waals surface area (Å²) in [7, 11) is 0. The fraction of sp³-hybridized carbons (Fsp3) is 0.485. The van der Waals surface area contributed by atoms with Gasteiger partial charge in [0.25, 0.3) is 5.91 Å². The van der Waals surface area contributed by atoms with Gasteiger partial charge in [0.2, 0.25) is 5.91 Å². The second-order valence-electron chi connectivity index (χ2n) is 11.9.